The summed E-state index contributed by atoms with van der Waals surface area (Å²) in [5, 5.41) is 3.92. The molecular formula is C23H27N3O. The fraction of sp³-hybridized carbons (Fsp3) is 0.478. The Morgan fingerprint density at radius 1 is 1.22 bits per heavy atom. The van der Waals surface area contributed by atoms with Gasteiger partial charge in [0.2, 0.25) is 0 Å². The third kappa shape index (κ3) is 2.69. The molecule has 4 nitrogen and oxygen atoms in total. The molecule has 27 heavy (non-hydrogen) atoms. The van der Waals surface area contributed by atoms with Gasteiger partial charge < -0.3 is 10.2 Å². The van der Waals surface area contributed by atoms with Crippen LogP contribution < -0.4 is 5.32 Å². The molecule has 1 N–H and O–H groups in total. The number of aromatic nitrogens is 1. The van der Waals surface area contributed by atoms with E-state index in [-0.39, 0.29) is 17.4 Å². The van der Waals surface area contributed by atoms with Crippen molar-refractivity contribution in [1.29, 1.82) is 0 Å². The zero-order chi connectivity index (χ0) is 18.4. The number of pyridine rings is 1. The number of rotatable bonds is 3. The van der Waals surface area contributed by atoms with Crippen LogP contribution in [0, 0.1) is 5.41 Å². The summed E-state index contributed by atoms with van der Waals surface area (Å²) in [5.74, 6) is 0.148. The smallest absolute Gasteiger partial charge is 0.256 e. The maximum atomic E-state index is 13.6. The number of carbonyl (C=O) groups is 1. The number of hydrogen-bond donors (Lipinski definition) is 1. The van der Waals surface area contributed by atoms with Gasteiger partial charge in [-0.3, -0.25) is 9.78 Å². The Morgan fingerprint density at radius 2 is 2.07 bits per heavy atom. The third-order valence-electron chi connectivity index (χ3n) is 7.19. The summed E-state index contributed by atoms with van der Waals surface area (Å²) in [6.07, 6.45) is 9.07. The van der Waals surface area contributed by atoms with Crippen LogP contribution in [0.1, 0.15) is 48.5 Å². The Bertz CT molecular complexity index is 824. The molecule has 0 unspecified atom stereocenters. The lowest BCUT2D eigenvalue weighted by molar-refractivity contribution is -0.0111. The van der Waals surface area contributed by atoms with Crippen LogP contribution in [0.25, 0.3) is 0 Å². The van der Waals surface area contributed by atoms with Gasteiger partial charge in [-0.1, -0.05) is 37.3 Å². The molecule has 1 saturated carbocycles. The molecule has 2 aromatic rings. The molecule has 2 aliphatic heterocycles. The first-order chi connectivity index (χ1) is 13.2. The fourth-order valence-electron chi connectivity index (χ4n) is 5.91. The van der Waals surface area contributed by atoms with Gasteiger partial charge in [0.1, 0.15) is 0 Å². The summed E-state index contributed by atoms with van der Waals surface area (Å²) < 4.78 is 0. The van der Waals surface area contributed by atoms with E-state index in [4.69, 9.17) is 0 Å². The molecule has 1 aromatic heterocycles. The van der Waals surface area contributed by atoms with Crippen molar-refractivity contribution in [3.05, 3.63) is 66.0 Å². The summed E-state index contributed by atoms with van der Waals surface area (Å²) in [7, 11) is 0. The second kappa shape index (κ2) is 6.45. The molecule has 140 valence electrons. The normalized spacial score (nSPS) is 34.5. The molecule has 1 amide bonds. The van der Waals surface area contributed by atoms with Gasteiger partial charge in [-0.15, -0.1) is 0 Å². The van der Waals surface area contributed by atoms with Crippen molar-refractivity contribution in [3.8, 4) is 0 Å². The number of nitrogens with zero attached hydrogens (tertiary/aromatic N) is 2. The minimum Gasteiger partial charge on any atom is -0.330 e. The Labute approximate surface area is 161 Å². The first kappa shape index (κ1) is 16.9. The molecule has 3 fully saturated rings. The number of nitrogens with one attached hydrogen (secondary N) is 1. The Morgan fingerprint density at radius 3 is 2.85 bits per heavy atom. The van der Waals surface area contributed by atoms with Crippen LogP contribution in [0.2, 0.25) is 0 Å². The van der Waals surface area contributed by atoms with Crippen molar-refractivity contribution in [3.63, 3.8) is 0 Å². The standard InChI is InChI=1S/C23H27N3O/c1-23-14-18-19(13-16-7-3-2-4-8-16)26(21(23)11-5-10-20(23)25-18)22(27)17-9-6-12-24-15-17/h2-4,6-9,12,15,18-21,25H,5,10-11,13-14H2,1H3/t18-,19-,20-,21+,23-/m0/s1. The van der Waals surface area contributed by atoms with Gasteiger partial charge in [-0.2, -0.15) is 0 Å². The molecule has 5 atom stereocenters. The van der Waals surface area contributed by atoms with Gasteiger partial charge >= 0.3 is 0 Å². The highest BCUT2D eigenvalue weighted by atomic mass is 16.2. The first-order valence-corrected chi connectivity index (χ1v) is 10.2. The first-order valence-electron chi connectivity index (χ1n) is 10.2. The zero-order valence-corrected chi connectivity index (χ0v) is 15.8. The predicted octanol–water partition coefficient (Wildman–Crippen LogP) is 3.44. The Balaban J connectivity index is 1.55. The van der Waals surface area contributed by atoms with E-state index in [1.807, 2.05) is 12.1 Å². The predicted molar refractivity (Wildman–Crippen MR) is 105 cm³/mol. The van der Waals surface area contributed by atoms with Crippen molar-refractivity contribution >= 4 is 5.91 Å². The van der Waals surface area contributed by atoms with E-state index in [1.165, 1.54) is 24.8 Å². The van der Waals surface area contributed by atoms with Crippen molar-refractivity contribution < 1.29 is 4.79 Å². The van der Waals surface area contributed by atoms with Crippen molar-refractivity contribution in [1.82, 2.24) is 15.2 Å². The van der Waals surface area contributed by atoms with Gasteiger partial charge in [0.05, 0.1) is 11.6 Å². The molecule has 1 aromatic carbocycles. The summed E-state index contributed by atoms with van der Waals surface area (Å²) in [6, 6.07) is 15.8. The molecule has 4 heteroatoms. The van der Waals surface area contributed by atoms with Crippen LogP contribution in [0.5, 0.6) is 0 Å². The molecular weight excluding hydrogens is 334 g/mol. The van der Waals surface area contributed by atoms with E-state index in [0.29, 0.717) is 23.7 Å². The quantitative estimate of drug-likeness (QED) is 0.911. The SMILES string of the molecule is C[C@]12C[C@@H]3N[C@H]1CCC[C@H]2N(C(=O)c1cccnc1)[C@H]3Cc1ccccc1. The van der Waals surface area contributed by atoms with Crippen molar-refractivity contribution in [2.45, 2.75) is 63.2 Å². The van der Waals surface area contributed by atoms with Crippen LogP contribution in [0.15, 0.2) is 54.9 Å². The second-order valence-electron chi connectivity index (χ2n) is 8.69. The van der Waals surface area contributed by atoms with Gasteiger partial charge in [0.25, 0.3) is 5.91 Å². The number of amides is 1. The molecule has 5 rings (SSSR count). The lowest BCUT2D eigenvalue weighted by Crippen LogP contribution is -2.62. The van der Waals surface area contributed by atoms with E-state index in [2.05, 4.69) is 52.5 Å². The van der Waals surface area contributed by atoms with E-state index in [0.717, 1.165) is 12.8 Å². The highest BCUT2D eigenvalue weighted by Gasteiger charge is 2.60. The van der Waals surface area contributed by atoms with Crippen molar-refractivity contribution in [2.24, 2.45) is 5.41 Å². The van der Waals surface area contributed by atoms with E-state index in [9.17, 15) is 4.79 Å². The number of fused-ring (bicyclic) bond motifs is 1. The maximum absolute atomic E-state index is 13.6. The molecule has 0 spiro atoms. The highest BCUT2D eigenvalue weighted by molar-refractivity contribution is 5.94. The minimum atomic E-state index is 0.148. The number of benzene rings is 1. The van der Waals surface area contributed by atoms with E-state index >= 15 is 0 Å². The van der Waals surface area contributed by atoms with Crippen LogP contribution in [0.4, 0.5) is 0 Å². The average Bonchev–Trinajstić information content (AvgIpc) is 3.05. The van der Waals surface area contributed by atoms with Crippen LogP contribution in [-0.2, 0) is 6.42 Å². The lowest BCUT2D eigenvalue weighted by Gasteiger charge is -2.53. The van der Waals surface area contributed by atoms with Crippen LogP contribution in [-0.4, -0.2) is 40.0 Å². The molecule has 2 saturated heterocycles. The maximum Gasteiger partial charge on any atom is 0.256 e. The number of likely N-dealkylation sites (tertiary alicyclic amines) is 1. The van der Waals surface area contributed by atoms with E-state index < -0.39 is 0 Å². The largest absolute Gasteiger partial charge is 0.330 e. The van der Waals surface area contributed by atoms with E-state index in [1.54, 1.807) is 12.4 Å². The Hall–Kier alpha value is -2.20. The van der Waals surface area contributed by atoms with Crippen molar-refractivity contribution in [2.75, 3.05) is 0 Å². The van der Waals surface area contributed by atoms with Crippen LogP contribution in [0.3, 0.4) is 0 Å². The highest BCUT2D eigenvalue weighted by Crippen LogP contribution is 2.52. The van der Waals surface area contributed by atoms with Gasteiger partial charge in [0, 0.05) is 35.9 Å². The topological polar surface area (TPSA) is 45.2 Å². The molecule has 3 aliphatic rings. The molecule has 1 aliphatic carbocycles. The Kier molecular flexibility index (Phi) is 4.05. The third-order valence-corrected chi connectivity index (χ3v) is 7.19. The summed E-state index contributed by atoms with van der Waals surface area (Å²) in [4.78, 5) is 20.1. The summed E-state index contributed by atoms with van der Waals surface area (Å²) >= 11 is 0. The average molecular weight is 361 g/mol. The molecule has 0 radical (unpaired) electrons. The molecule has 2 bridgehead atoms. The minimum absolute atomic E-state index is 0.148. The number of carbonyl (C=O) groups excluding carboxylic acids is 1. The second-order valence-corrected chi connectivity index (χ2v) is 8.69. The van der Waals surface area contributed by atoms with Crippen LogP contribution >= 0.6 is 0 Å². The number of piperidine rings is 1. The zero-order valence-electron chi connectivity index (χ0n) is 15.8. The van der Waals surface area contributed by atoms with Gasteiger partial charge in [-0.05, 0) is 49.8 Å². The summed E-state index contributed by atoms with van der Waals surface area (Å²) in [5.41, 5.74) is 2.20. The molecule has 3 heterocycles. The lowest BCUT2D eigenvalue weighted by atomic mass is 9.64. The van der Waals surface area contributed by atoms with Gasteiger partial charge in [-0.25, -0.2) is 0 Å². The summed E-state index contributed by atoms with van der Waals surface area (Å²) in [6.45, 7) is 2.40. The fourth-order valence-corrected chi connectivity index (χ4v) is 5.91. The number of hydrogen-bond acceptors (Lipinski definition) is 3. The van der Waals surface area contributed by atoms with Gasteiger partial charge in [0.15, 0.2) is 0 Å². The monoisotopic (exact) mass is 361 g/mol.